The number of hydrogen-bond donors (Lipinski definition) is 2. The molecule has 0 saturated heterocycles. The molecular formula is C16H33NO3. The topological polar surface area (TPSA) is 80.4 Å². The van der Waals surface area contributed by atoms with E-state index in [-0.39, 0.29) is 5.92 Å². The molecule has 0 amide bonds. The molecule has 4 heteroatoms. The molecule has 0 spiro atoms. The van der Waals surface area contributed by atoms with E-state index in [0.29, 0.717) is 5.78 Å². The van der Waals surface area contributed by atoms with Gasteiger partial charge in [-0.25, -0.2) is 0 Å². The maximum absolute atomic E-state index is 11.2. The van der Waals surface area contributed by atoms with Gasteiger partial charge < -0.3 is 10.8 Å². The van der Waals surface area contributed by atoms with Crippen LogP contribution < -0.4 is 5.73 Å². The van der Waals surface area contributed by atoms with Crippen molar-refractivity contribution in [3.63, 3.8) is 0 Å². The number of ketones is 1. The average molecular weight is 287 g/mol. The number of carboxylic acid groups (broad SMARTS) is 1. The van der Waals surface area contributed by atoms with Crippen LogP contribution in [0.15, 0.2) is 0 Å². The predicted octanol–water partition coefficient (Wildman–Crippen LogP) is 3.77. The van der Waals surface area contributed by atoms with E-state index in [2.05, 4.69) is 13.8 Å². The van der Waals surface area contributed by atoms with Crippen LogP contribution in [0.4, 0.5) is 0 Å². The first kappa shape index (κ1) is 21.4. The molecule has 0 aliphatic heterocycles. The van der Waals surface area contributed by atoms with Crippen molar-refractivity contribution in [2.75, 3.05) is 0 Å². The van der Waals surface area contributed by atoms with E-state index in [1.165, 1.54) is 25.7 Å². The number of carbonyl (C=O) groups is 2. The minimum atomic E-state index is -0.931. The molecule has 0 rings (SSSR count). The zero-order valence-electron chi connectivity index (χ0n) is 13.7. The van der Waals surface area contributed by atoms with Crippen LogP contribution >= 0.6 is 0 Å². The average Bonchev–Trinajstić information content (AvgIpc) is 2.39. The van der Waals surface area contributed by atoms with Crippen LogP contribution in [0.25, 0.3) is 0 Å². The number of unbranched alkanes of at least 4 members (excludes halogenated alkanes) is 4. The van der Waals surface area contributed by atoms with E-state index in [1.54, 1.807) is 13.8 Å². The third kappa shape index (κ3) is 15.2. The highest BCUT2D eigenvalue weighted by Gasteiger charge is 2.14. The SMILES string of the molecule is CC(C)[C@H](N)C(=O)O.CCCCCC(=O)CCCCC. The molecule has 0 aromatic heterocycles. The maximum Gasteiger partial charge on any atom is 0.320 e. The van der Waals surface area contributed by atoms with Gasteiger partial charge in [-0.15, -0.1) is 0 Å². The molecule has 0 bridgehead atoms. The van der Waals surface area contributed by atoms with Crippen molar-refractivity contribution < 1.29 is 14.7 Å². The van der Waals surface area contributed by atoms with E-state index in [0.717, 1.165) is 25.7 Å². The first-order valence-electron chi connectivity index (χ1n) is 7.86. The number of aliphatic carboxylic acids is 1. The second kappa shape index (κ2) is 14.5. The largest absolute Gasteiger partial charge is 0.480 e. The van der Waals surface area contributed by atoms with Crippen LogP contribution in [0, 0.1) is 5.92 Å². The highest BCUT2D eigenvalue weighted by molar-refractivity contribution is 5.78. The molecule has 0 fully saturated rings. The molecule has 120 valence electrons. The summed E-state index contributed by atoms with van der Waals surface area (Å²) in [6, 6.07) is -0.713. The van der Waals surface area contributed by atoms with Crippen LogP contribution in [-0.2, 0) is 9.59 Å². The fourth-order valence-corrected chi connectivity index (χ4v) is 1.55. The van der Waals surface area contributed by atoms with Crippen molar-refractivity contribution in [3.05, 3.63) is 0 Å². The summed E-state index contributed by atoms with van der Waals surface area (Å²) in [7, 11) is 0. The first-order valence-corrected chi connectivity index (χ1v) is 7.86. The molecule has 0 saturated carbocycles. The molecule has 0 aromatic carbocycles. The molecule has 0 aliphatic rings. The van der Waals surface area contributed by atoms with Crippen LogP contribution in [-0.4, -0.2) is 22.9 Å². The lowest BCUT2D eigenvalue weighted by Crippen LogP contribution is -2.34. The van der Waals surface area contributed by atoms with E-state index in [9.17, 15) is 9.59 Å². The zero-order chi connectivity index (χ0) is 16.0. The number of carboxylic acids is 1. The van der Waals surface area contributed by atoms with Crippen LogP contribution in [0.2, 0.25) is 0 Å². The standard InChI is InChI=1S/C11H22O.C5H11NO2/c1-3-5-7-9-11(12)10-8-6-4-2;1-3(2)4(6)5(7)8/h3-10H2,1-2H3;3-4H,6H2,1-2H3,(H,7,8)/t;4-/m.0/s1. The fourth-order valence-electron chi connectivity index (χ4n) is 1.55. The number of rotatable bonds is 10. The summed E-state index contributed by atoms with van der Waals surface area (Å²) in [4.78, 5) is 21.2. The molecule has 0 radical (unpaired) electrons. The van der Waals surface area contributed by atoms with Gasteiger partial charge in [0.1, 0.15) is 11.8 Å². The van der Waals surface area contributed by atoms with Crippen molar-refractivity contribution in [1.82, 2.24) is 0 Å². The lowest BCUT2D eigenvalue weighted by Gasteiger charge is -2.07. The van der Waals surface area contributed by atoms with Crippen molar-refractivity contribution in [2.24, 2.45) is 11.7 Å². The number of hydrogen-bond acceptors (Lipinski definition) is 3. The Morgan fingerprint density at radius 2 is 1.35 bits per heavy atom. The van der Waals surface area contributed by atoms with Crippen molar-refractivity contribution in [1.29, 1.82) is 0 Å². The second-order valence-corrected chi connectivity index (χ2v) is 5.56. The monoisotopic (exact) mass is 287 g/mol. The van der Waals surface area contributed by atoms with Crippen molar-refractivity contribution in [3.8, 4) is 0 Å². The lowest BCUT2D eigenvalue weighted by atomic mass is 10.1. The van der Waals surface area contributed by atoms with Crippen molar-refractivity contribution in [2.45, 2.75) is 85.1 Å². The van der Waals surface area contributed by atoms with Gasteiger partial charge in [0.25, 0.3) is 0 Å². The minimum absolute atomic E-state index is 0.0208. The number of Topliss-reactive ketones (excluding diaryl/α,β-unsaturated/α-hetero) is 1. The van der Waals surface area contributed by atoms with Gasteiger partial charge in [0.05, 0.1) is 0 Å². The maximum atomic E-state index is 11.2. The first-order chi connectivity index (χ1) is 9.36. The molecule has 0 aromatic rings. The van der Waals surface area contributed by atoms with Crippen LogP contribution in [0.1, 0.15) is 79.1 Å². The van der Waals surface area contributed by atoms with E-state index in [4.69, 9.17) is 10.8 Å². The minimum Gasteiger partial charge on any atom is -0.480 e. The Labute approximate surface area is 124 Å². The van der Waals surface area contributed by atoms with Gasteiger partial charge in [0.15, 0.2) is 0 Å². The normalized spacial score (nSPS) is 11.7. The molecular weight excluding hydrogens is 254 g/mol. The number of nitrogens with two attached hydrogens (primary N) is 1. The smallest absolute Gasteiger partial charge is 0.320 e. The Morgan fingerprint density at radius 3 is 1.55 bits per heavy atom. The molecule has 0 heterocycles. The summed E-state index contributed by atoms with van der Waals surface area (Å²) in [5, 5.41) is 8.23. The quantitative estimate of drug-likeness (QED) is 0.599. The van der Waals surface area contributed by atoms with Gasteiger partial charge in [0.2, 0.25) is 0 Å². The van der Waals surface area contributed by atoms with Gasteiger partial charge in [-0.2, -0.15) is 0 Å². The lowest BCUT2D eigenvalue weighted by molar-refractivity contribution is -0.139. The molecule has 3 N–H and O–H groups in total. The fraction of sp³-hybridized carbons (Fsp3) is 0.875. The van der Waals surface area contributed by atoms with Crippen molar-refractivity contribution >= 4 is 11.8 Å². The highest BCUT2D eigenvalue weighted by Crippen LogP contribution is 2.06. The number of carbonyl (C=O) groups excluding carboxylic acids is 1. The summed E-state index contributed by atoms with van der Waals surface area (Å²) in [5.41, 5.74) is 5.16. The summed E-state index contributed by atoms with van der Waals surface area (Å²) in [6.07, 6.45) is 8.67. The van der Waals surface area contributed by atoms with Crippen LogP contribution in [0.3, 0.4) is 0 Å². The third-order valence-electron chi connectivity index (χ3n) is 3.12. The van der Waals surface area contributed by atoms with Crippen LogP contribution in [0.5, 0.6) is 0 Å². The molecule has 0 aliphatic carbocycles. The van der Waals surface area contributed by atoms with Gasteiger partial charge in [-0.3, -0.25) is 9.59 Å². The molecule has 0 unspecified atom stereocenters. The summed E-state index contributed by atoms with van der Waals surface area (Å²) >= 11 is 0. The summed E-state index contributed by atoms with van der Waals surface area (Å²) in [5.74, 6) is -0.440. The molecule has 20 heavy (non-hydrogen) atoms. The highest BCUT2D eigenvalue weighted by atomic mass is 16.4. The van der Waals surface area contributed by atoms with Gasteiger partial charge in [-0.05, 0) is 18.8 Å². The Morgan fingerprint density at radius 1 is 0.950 bits per heavy atom. The Bertz CT molecular complexity index is 240. The summed E-state index contributed by atoms with van der Waals surface area (Å²) < 4.78 is 0. The Hall–Kier alpha value is -0.900. The molecule has 1 atom stereocenters. The second-order valence-electron chi connectivity index (χ2n) is 5.56. The van der Waals surface area contributed by atoms with Gasteiger partial charge >= 0.3 is 5.97 Å². The van der Waals surface area contributed by atoms with Gasteiger partial charge in [0, 0.05) is 12.8 Å². The Kier molecular flexibility index (Phi) is 15.5. The van der Waals surface area contributed by atoms with E-state index < -0.39 is 12.0 Å². The van der Waals surface area contributed by atoms with E-state index in [1.807, 2.05) is 0 Å². The predicted molar refractivity (Wildman–Crippen MR) is 83.7 cm³/mol. The third-order valence-corrected chi connectivity index (χ3v) is 3.12. The summed E-state index contributed by atoms with van der Waals surface area (Å²) in [6.45, 7) is 7.89. The molecule has 4 nitrogen and oxygen atoms in total. The Balaban J connectivity index is 0. The zero-order valence-corrected chi connectivity index (χ0v) is 13.7. The van der Waals surface area contributed by atoms with E-state index >= 15 is 0 Å². The van der Waals surface area contributed by atoms with Gasteiger partial charge in [-0.1, -0.05) is 53.4 Å².